The Morgan fingerprint density at radius 1 is 1.29 bits per heavy atom. The molecule has 1 aliphatic heterocycles. The molecule has 1 heterocycles. The molecular weight excluding hydrogens is 406 g/mol. The number of aliphatic carboxylic acids is 1. The van der Waals surface area contributed by atoms with E-state index >= 15 is 0 Å². The van der Waals surface area contributed by atoms with Gasteiger partial charge in [0, 0.05) is 18.8 Å². The Bertz CT molecular complexity index is 907. The number of hydrogen-bond donors (Lipinski definition) is 1. The summed E-state index contributed by atoms with van der Waals surface area (Å²) in [6.07, 6.45) is 2.44. The van der Waals surface area contributed by atoms with Gasteiger partial charge in [-0.2, -0.15) is 4.39 Å². The molecular formula is C19H18F2N2O3S2. The van der Waals surface area contributed by atoms with Crippen molar-refractivity contribution in [1.29, 1.82) is 0 Å². The number of rotatable bonds is 5. The molecule has 0 radical (unpaired) electrons. The summed E-state index contributed by atoms with van der Waals surface area (Å²) in [4.78, 5) is 14.3. The average Bonchev–Trinajstić information content (AvgIpc) is 2.83. The summed E-state index contributed by atoms with van der Waals surface area (Å²) in [6, 6.07) is 9.96. The van der Waals surface area contributed by atoms with Crippen molar-refractivity contribution < 1.29 is 23.4 Å². The van der Waals surface area contributed by atoms with Gasteiger partial charge in [-0.15, -0.1) is 11.8 Å². The number of carbonyl (C=O) groups is 1. The third-order valence-electron chi connectivity index (χ3n) is 4.06. The number of carboxylic acids is 1. The quantitative estimate of drug-likeness (QED) is 0.317. The topological polar surface area (TPSA) is 53.0 Å². The van der Waals surface area contributed by atoms with Crippen LogP contribution in [0.3, 0.4) is 0 Å². The number of ether oxygens (including phenoxy) is 1. The number of hydrogen-bond acceptors (Lipinski definition) is 6. The molecule has 0 unspecified atom stereocenters. The predicted octanol–water partition coefficient (Wildman–Crippen LogP) is 4.91. The molecule has 0 aliphatic carbocycles. The zero-order valence-corrected chi connectivity index (χ0v) is 16.8. The van der Waals surface area contributed by atoms with Gasteiger partial charge in [-0.3, -0.25) is 0 Å². The fourth-order valence-electron chi connectivity index (χ4n) is 2.70. The van der Waals surface area contributed by atoms with Crippen LogP contribution >= 0.6 is 23.7 Å². The Labute approximate surface area is 170 Å². The zero-order chi connectivity index (χ0) is 20.3. The molecule has 5 nitrogen and oxygen atoms in total. The molecule has 3 rings (SSSR count). The number of fused-ring (bicyclic) bond motifs is 1. The van der Waals surface area contributed by atoms with Crippen LogP contribution in [0.2, 0.25) is 0 Å². The number of nitrogens with zero attached hydrogens (tertiary/aromatic N) is 2. The number of halogens is 2. The third kappa shape index (κ3) is 4.60. The number of thioether (sulfide) groups is 1. The van der Waals surface area contributed by atoms with Gasteiger partial charge in [0.05, 0.1) is 15.5 Å². The van der Waals surface area contributed by atoms with E-state index in [1.54, 1.807) is 18.2 Å². The van der Waals surface area contributed by atoms with Gasteiger partial charge < -0.3 is 14.7 Å². The van der Waals surface area contributed by atoms with Crippen LogP contribution in [0.4, 0.5) is 20.2 Å². The maximum absolute atomic E-state index is 13.3. The maximum atomic E-state index is 13.3. The van der Waals surface area contributed by atoms with Crippen LogP contribution in [0.25, 0.3) is 0 Å². The van der Waals surface area contributed by atoms with Crippen LogP contribution in [-0.2, 0) is 4.79 Å². The highest BCUT2D eigenvalue weighted by atomic mass is 32.2. The molecule has 0 saturated heterocycles. The molecule has 2 aromatic carbocycles. The number of anilines is 2. The Morgan fingerprint density at radius 3 is 2.64 bits per heavy atom. The highest BCUT2D eigenvalue weighted by molar-refractivity contribution is 7.98. The number of benzene rings is 2. The van der Waals surface area contributed by atoms with Gasteiger partial charge in [-0.1, -0.05) is 0 Å². The zero-order valence-electron chi connectivity index (χ0n) is 15.2. The monoisotopic (exact) mass is 424 g/mol. The van der Waals surface area contributed by atoms with Gasteiger partial charge in [0.15, 0.2) is 0 Å². The second-order valence-electron chi connectivity index (χ2n) is 5.93. The SMILES string of the molecule is CSc1cc2c(cc1O/C=C(\F)C(=O)O)SN(C)CCN2c1ccc(F)cc1. The molecule has 28 heavy (non-hydrogen) atoms. The average molecular weight is 424 g/mol. The predicted molar refractivity (Wildman–Crippen MR) is 108 cm³/mol. The molecule has 0 fully saturated rings. The molecule has 0 bridgehead atoms. The van der Waals surface area contributed by atoms with E-state index in [-0.39, 0.29) is 5.82 Å². The van der Waals surface area contributed by atoms with Crippen molar-refractivity contribution in [1.82, 2.24) is 4.31 Å². The first-order valence-corrected chi connectivity index (χ1v) is 10.3. The van der Waals surface area contributed by atoms with Crippen LogP contribution in [-0.4, -0.2) is 41.8 Å². The van der Waals surface area contributed by atoms with E-state index in [0.717, 1.165) is 27.7 Å². The van der Waals surface area contributed by atoms with E-state index in [9.17, 15) is 13.6 Å². The summed E-state index contributed by atoms with van der Waals surface area (Å²) in [5, 5.41) is 8.66. The van der Waals surface area contributed by atoms with Crippen molar-refractivity contribution in [3.8, 4) is 5.75 Å². The van der Waals surface area contributed by atoms with Crippen molar-refractivity contribution in [2.75, 3.05) is 31.3 Å². The highest BCUT2D eigenvalue weighted by Crippen LogP contribution is 2.44. The molecule has 1 aliphatic rings. The Kier molecular flexibility index (Phi) is 6.48. The first-order valence-electron chi connectivity index (χ1n) is 8.29. The maximum Gasteiger partial charge on any atom is 0.368 e. The smallest absolute Gasteiger partial charge is 0.368 e. The largest absolute Gasteiger partial charge is 0.476 e. The highest BCUT2D eigenvalue weighted by Gasteiger charge is 2.23. The second kappa shape index (κ2) is 8.85. The third-order valence-corrected chi connectivity index (χ3v) is 5.84. The summed E-state index contributed by atoms with van der Waals surface area (Å²) >= 11 is 2.91. The van der Waals surface area contributed by atoms with E-state index in [4.69, 9.17) is 9.84 Å². The number of carboxylic acid groups (broad SMARTS) is 1. The molecule has 0 amide bonds. The van der Waals surface area contributed by atoms with E-state index in [2.05, 4.69) is 9.21 Å². The molecule has 0 aromatic heterocycles. The van der Waals surface area contributed by atoms with E-state index in [0.29, 0.717) is 18.6 Å². The van der Waals surface area contributed by atoms with Crippen molar-refractivity contribution in [2.24, 2.45) is 0 Å². The summed E-state index contributed by atoms with van der Waals surface area (Å²) in [5.41, 5.74) is 1.77. The first kappa shape index (κ1) is 20.5. The van der Waals surface area contributed by atoms with E-state index < -0.39 is 11.8 Å². The molecule has 0 atom stereocenters. The minimum Gasteiger partial charge on any atom is -0.476 e. The lowest BCUT2D eigenvalue weighted by Gasteiger charge is -2.25. The van der Waals surface area contributed by atoms with Gasteiger partial charge in [0.2, 0.25) is 5.83 Å². The van der Waals surface area contributed by atoms with Crippen LogP contribution < -0.4 is 9.64 Å². The summed E-state index contributed by atoms with van der Waals surface area (Å²) in [6.45, 7) is 1.46. The summed E-state index contributed by atoms with van der Waals surface area (Å²) < 4.78 is 34.0. The van der Waals surface area contributed by atoms with Gasteiger partial charge in [0.1, 0.15) is 17.8 Å². The van der Waals surface area contributed by atoms with Crippen LogP contribution in [0, 0.1) is 5.82 Å². The number of likely N-dealkylation sites (N-methyl/N-ethyl adjacent to an activating group) is 1. The summed E-state index contributed by atoms with van der Waals surface area (Å²) in [5.74, 6) is -2.99. The van der Waals surface area contributed by atoms with Crippen molar-refractivity contribution >= 4 is 41.1 Å². The lowest BCUT2D eigenvalue weighted by Crippen LogP contribution is -2.24. The van der Waals surface area contributed by atoms with Gasteiger partial charge in [-0.05, 0) is 61.6 Å². The Balaban J connectivity index is 2.04. The lowest BCUT2D eigenvalue weighted by atomic mass is 10.2. The fraction of sp³-hybridized carbons (Fsp3) is 0.211. The lowest BCUT2D eigenvalue weighted by molar-refractivity contribution is -0.134. The Morgan fingerprint density at radius 2 is 2.00 bits per heavy atom. The second-order valence-corrected chi connectivity index (χ2v) is 8.02. The van der Waals surface area contributed by atoms with Crippen molar-refractivity contribution in [3.63, 3.8) is 0 Å². The molecule has 9 heteroatoms. The molecule has 2 aromatic rings. The van der Waals surface area contributed by atoms with Crippen LogP contribution in [0.15, 0.2) is 58.3 Å². The molecule has 1 N–H and O–H groups in total. The normalized spacial score (nSPS) is 15.1. The van der Waals surface area contributed by atoms with Gasteiger partial charge in [-0.25, -0.2) is 13.5 Å². The minimum absolute atomic E-state index is 0.300. The van der Waals surface area contributed by atoms with Crippen LogP contribution in [0.1, 0.15) is 0 Å². The van der Waals surface area contributed by atoms with Crippen LogP contribution in [0.5, 0.6) is 5.75 Å². The van der Waals surface area contributed by atoms with E-state index in [1.165, 1.54) is 35.8 Å². The van der Waals surface area contributed by atoms with E-state index in [1.807, 2.05) is 19.4 Å². The van der Waals surface area contributed by atoms with Crippen molar-refractivity contribution in [2.45, 2.75) is 9.79 Å². The minimum atomic E-state index is -1.68. The standard InChI is InChI=1S/C19H18F2N2O3S2/c1-22-7-8-23(13-5-3-12(20)4-6-13)15-9-18(27-2)16(10-17(15)28-22)26-11-14(21)19(24)25/h3-6,9-11H,7-8H2,1-2H3,(H,24,25)/b14-11-. The fourth-order valence-corrected chi connectivity index (χ4v) is 4.16. The first-order chi connectivity index (χ1) is 13.4. The molecule has 0 saturated carbocycles. The van der Waals surface area contributed by atoms with Gasteiger partial charge >= 0.3 is 5.97 Å². The van der Waals surface area contributed by atoms with Crippen molar-refractivity contribution in [3.05, 3.63) is 54.3 Å². The molecule has 148 valence electrons. The molecule has 0 spiro atoms. The van der Waals surface area contributed by atoms with Gasteiger partial charge in [0.25, 0.3) is 0 Å². The summed E-state index contributed by atoms with van der Waals surface area (Å²) in [7, 11) is 1.95. The Hall–Kier alpha value is -2.23.